The predicted molar refractivity (Wildman–Crippen MR) is 119 cm³/mol. The second-order valence-corrected chi connectivity index (χ2v) is 10.6. The van der Waals surface area contributed by atoms with Gasteiger partial charge in [0.25, 0.3) is 0 Å². The van der Waals surface area contributed by atoms with Crippen LogP contribution in [0, 0.1) is 0 Å². The third-order valence-corrected chi connectivity index (χ3v) is 7.81. The van der Waals surface area contributed by atoms with Crippen LogP contribution in [0.5, 0.6) is 0 Å². The number of aromatic amines is 1. The molecule has 0 saturated carbocycles. The summed E-state index contributed by atoms with van der Waals surface area (Å²) in [6, 6.07) is 7.87. The molecule has 0 saturated heterocycles. The number of nitrogens with one attached hydrogen (secondary N) is 1. The summed E-state index contributed by atoms with van der Waals surface area (Å²) < 4.78 is 51.4. The van der Waals surface area contributed by atoms with E-state index in [2.05, 4.69) is 25.2 Å². The molecule has 0 spiro atoms. The van der Waals surface area contributed by atoms with Crippen LogP contribution in [0.15, 0.2) is 55.3 Å². The highest BCUT2D eigenvalue weighted by Gasteiger charge is 2.32. The smallest absolute Gasteiger partial charge is 0.240 e. The van der Waals surface area contributed by atoms with E-state index < -0.39 is 29.7 Å². The molecule has 0 aliphatic carbocycles. The lowest BCUT2D eigenvalue weighted by Gasteiger charge is -2.17. The summed E-state index contributed by atoms with van der Waals surface area (Å²) in [6.45, 7) is 0.0981. The molecule has 4 rings (SSSR count). The van der Waals surface area contributed by atoms with Gasteiger partial charge >= 0.3 is 0 Å². The van der Waals surface area contributed by atoms with Gasteiger partial charge in [-0.15, -0.1) is 5.11 Å². The van der Waals surface area contributed by atoms with Gasteiger partial charge in [-0.1, -0.05) is 18.2 Å². The number of benzene rings is 2. The molecule has 1 aromatic heterocycles. The fraction of sp³-hybridized carbons (Fsp3) is 0.222. The summed E-state index contributed by atoms with van der Waals surface area (Å²) in [7, 11) is -8.57. The van der Waals surface area contributed by atoms with Gasteiger partial charge in [-0.3, -0.25) is 0 Å². The van der Waals surface area contributed by atoms with E-state index in [0.29, 0.717) is 22.2 Å². The van der Waals surface area contributed by atoms with Gasteiger partial charge in [0.1, 0.15) is 4.90 Å². The van der Waals surface area contributed by atoms with E-state index in [1.165, 1.54) is 12.1 Å². The van der Waals surface area contributed by atoms with Crippen LogP contribution >= 0.6 is 0 Å². The Morgan fingerprint density at radius 3 is 2.50 bits per heavy atom. The van der Waals surface area contributed by atoms with Crippen LogP contribution < -0.4 is 16.6 Å². The Kier molecular flexibility index (Phi) is 5.54. The van der Waals surface area contributed by atoms with Gasteiger partial charge in [0, 0.05) is 5.56 Å². The predicted octanol–water partition coefficient (Wildman–Crippen LogP) is 0.752. The number of anilines is 1. The Balaban J connectivity index is 2.12. The molecule has 1 aliphatic rings. The summed E-state index contributed by atoms with van der Waals surface area (Å²) in [4.78, 5) is 10.3. The lowest BCUT2D eigenvalue weighted by atomic mass is 9.97. The zero-order valence-corrected chi connectivity index (χ0v) is 18.3. The summed E-state index contributed by atoms with van der Waals surface area (Å²) in [5.74, 6) is -0.218. The quantitative estimate of drug-likeness (QED) is 0.383. The monoisotopic (exact) mass is 476 g/mol. The van der Waals surface area contributed by atoms with Crippen LogP contribution in [0.4, 0.5) is 5.95 Å². The van der Waals surface area contributed by atoms with Crippen LogP contribution in [0.25, 0.3) is 22.2 Å². The van der Waals surface area contributed by atoms with Crippen molar-refractivity contribution in [3.63, 3.8) is 0 Å². The second-order valence-electron chi connectivity index (χ2n) is 7.01. The number of rotatable bonds is 7. The molecule has 0 bridgehead atoms. The first kappa shape index (κ1) is 22.0. The molecule has 7 N–H and O–H groups in total. The summed E-state index contributed by atoms with van der Waals surface area (Å²) in [5.41, 5.74) is 13.1. The second kappa shape index (κ2) is 8.05. The minimum Gasteiger partial charge on any atom is -0.369 e. The van der Waals surface area contributed by atoms with Crippen molar-refractivity contribution < 1.29 is 16.8 Å². The number of aromatic nitrogens is 2. The number of sulfonamides is 1. The zero-order chi connectivity index (χ0) is 23.1. The number of azo groups is 1. The number of H-pyrrole nitrogens is 1. The number of hydrogen-bond acceptors (Lipinski definition) is 10. The van der Waals surface area contributed by atoms with Crippen molar-refractivity contribution in [2.24, 2.45) is 26.1 Å². The minimum absolute atomic E-state index is 0.0253. The summed E-state index contributed by atoms with van der Waals surface area (Å²) in [5, 5.41) is 13.2. The fourth-order valence-corrected chi connectivity index (χ4v) is 6.54. The molecule has 0 unspecified atom stereocenters. The van der Waals surface area contributed by atoms with Crippen molar-refractivity contribution in [2.45, 2.75) is 16.2 Å². The lowest BCUT2D eigenvalue weighted by molar-refractivity contribution is 0.582. The number of nitrogens with zero attached hydrogens (tertiary/aromatic N) is 4. The normalized spacial score (nSPS) is 14.2. The molecule has 12 nitrogen and oxygen atoms in total. The van der Waals surface area contributed by atoms with Crippen molar-refractivity contribution in [1.82, 2.24) is 9.97 Å². The van der Waals surface area contributed by atoms with Gasteiger partial charge in [0.05, 0.1) is 27.2 Å². The first-order valence-electron chi connectivity index (χ1n) is 9.43. The van der Waals surface area contributed by atoms with E-state index in [0.717, 1.165) is 0 Å². The number of fused-ring (bicyclic) bond motifs is 1. The number of sulfone groups is 1. The van der Waals surface area contributed by atoms with E-state index in [1.807, 2.05) is 0 Å². The van der Waals surface area contributed by atoms with Crippen molar-refractivity contribution in [1.29, 1.82) is 0 Å². The molecular formula is C18H20N8O4S2. The number of amidine groups is 1. The number of imidazole rings is 1. The number of nitrogens with two attached hydrogens (primary N) is 3. The van der Waals surface area contributed by atoms with Crippen LogP contribution in [-0.2, 0) is 19.9 Å². The average molecular weight is 477 g/mol. The number of aliphatic imine (C=N–C) groups is 1. The molecule has 1 aliphatic heterocycles. The van der Waals surface area contributed by atoms with E-state index in [-0.39, 0.29) is 42.7 Å². The highest BCUT2D eigenvalue weighted by molar-refractivity contribution is 7.93. The zero-order valence-electron chi connectivity index (χ0n) is 16.7. The van der Waals surface area contributed by atoms with E-state index >= 15 is 0 Å². The number of primary sulfonamides is 1. The molecule has 3 aromatic rings. The topological polar surface area (TPSA) is 212 Å². The van der Waals surface area contributed by atoms with Gasteiger partial charge in [-0.05, 0) is 30.7 Å². The van der Waals surface area contributed by atoms with Crippen molar-refractivity contribution in [3.8, 4) is 11.1 Å². The highest BCUT2D eigenvalue weighted by Crippen LogP contribution is 2.37. The molecular weight excluding hydrogens is 456 g/mol. The van der Waals surface area contributed by atoms with Crippen molar-refractivity contribution in [2.75, 3.05) is 24.7 Å². The van der Waals surface area contributed by atoms with E-state index in [1.54, 1.807) is 18.2 Å². The molecule has 0 radical (unpaired) electrons. The van der Waals surface area contributed by atoms with Crippen LogP contribution in [-0.4, -0.2) is 51.6 Å². The Bertz CT molecular complexity index is 1490. The van der Waals surface area contributed by atoms with Gasteiger partial charge in [0.2, 0.25) is 10.0 Å². The Morgan fingerprint density at radius 2 is 1.84 bits per heavy atom. The van der Waals surface area contributed by atoms with Crippen LogP contribution in [0.1, 0.15) is 12.0 Å². The Hall–Kier alpha value is -3.20. The fourth-order valence-electron chi connectivity index (χ4n) is 3.55. The summed E-state index contributed by atoms with van der Waals surface area (Å²) in [6.07, 6.45) is 0.149. The Morgan fingerprint density at radius 1 is 1.06 bits per heavy atom. The average Bonchev–Trinajstić information content (AvgIpc) is 3.39. The first-order chi connectivity index (χ1) is 15.1. The maximum atomic E-state index is 13.0. The van der Waals surface area contributed by atoms with Gasteiger partial charge < -0.3 is 16.5 Å². The third-order valence-electron chi connectivity index (χ3n) is 4.85. The number of hydrogen-bond donors (Lipinski definition) is 4. The molecule has 0 fully saturated rings. The van der Waals surface area contributed by atoms with Crippen LogP contribution in [0.3, 0.4) is 0 Å². The molecule has 0 amide bonds. The minimum atomic E-state index is -4.53. The van der Waals surface area contributed by atoms with Crippen LogP contribution in [0.2, 0.25) is 0 Å². The summed E-state index contributed by atoms with van der Waals surface area (Å²) >= 11 is 0. The van der Waals surface area contributed by atoms with E-state index in [9.17, 15) is 16.8 Å². The third kappa shape index (κ3) is 3.88. The number of nitrogen functional groups attached to an aromatic ring is 1. The molecule has 0 atom stereocenters. The number of para-hydroxylation sites is 1. The SMILES string of the molecule is NCCCS(=O)(=O)c1ccc(-c2cccc3[nH]c(N)nc23)c(C2=NCN=N2)c1S(N)(=O)=O. The molecule has 14 heteroatoms. The van der Waals surface area contributed by atoms with Crippen molar-refractivity contribution >= 4 is 42.7 Å². The standard InChI is InChI=1S/C18H20N8O4S2/c19-7-2-8-31(27,28)13-6-5-10(11-3-1-4-12-15(11)25-18(20)24-12)14(16(13)32(21,29)30)17-22-9-23-26-17/h1,3-6H,2,7-9,19H2,(H3,20,24,25)(H2,21,29,30). The molecule has 2 heterocycles. The van der Waals surface area contributed by atoms with Gasteiger partial charge in [-0.25, -0.2) is 32.0 Å². The highest BCUT2D eigenvalue weighted by atomic mass is 32.2. The molecule has 2 aromatic carbocycles. The van der Waals surface area contributed by atoms with Gasteiger partial charge in [0.15, 0.2) is 28.3 Å². The van der Waals surface area contributed by atoms with Gasteiger partial charge in [-0.2, -0.15) is 5.11 Å². The first-order valence-corrected chi connectivity index (χ1v) is 12.6. The molecule has 168 valence electrons. The van der Waals surface area contributed by atoms with E-state index in [4.69, 9.17) is 16.6 Å². The Labute approximate surface area is 183 Å². The maximum Gasteiger partial charge on any atom is 0.240 e. The van der Waals surface area contributed by atoms with Crippen molar-refractivity contribution in [3.05, 3.63) is 35.9 Å². The lowest BCUT2D eigenvalue weighted by Crippen LogP contribution is -2.23. The maximum absolute atomic E-state index is 13.0. The largest absolute Gasteiger partial charge is 0.369 e. The molecule has 32 heavy (non-hydrogen) atoms.